The van der Waals surface area contributed by atoms with Gasteiger partial charge in [0.1, 0.15) is 11.3 Å². The quantitative estimate of drug-likeness (QED) is 0.400. The lowest BCUT2D eigenvalue weighted by Crippen LogP contribution is -2.10. The van der Waals surface area contributed by atoms with Crippen molar-refractivity contribution in [1.29, 1.82) is 0 Å². The van der Waals surface area contributed by atoms with Gasteiger partial charge in [-0.05, 0) is 35.7 Å². The van der Waals surface area contributed by atoms with Crippen molar-refractivity contribution in [3.05, 3.63) is 70.9 Å². The minimum atomic E-state index is -0.292. The number of benzene rings is 2. The van der Waals surface area contributed by atoms with E-state index < -0.39 is 0 Å². The molecule has 0 fully saturated rings. The fourth-order valence-corrected chi connectivity index (χ4v) is 3.09. The predicted octanol–water partition coefficient (Wildman–Crippen LogP) is 4.70. The molecule has 24 heavy (non-hydrogen) atoms. The second-order valence-corrected chi connectivity index (χ2v) is 6.28. The van der Waals surface area contributed by atoms with Crippen molar-refractivity contribution in [2.75, 3.05) is 0 Å². The number of oxazole rings is 1. The highest BCUT2D eigenvalue weighted by molar-refractivity contribution is 7.10. The Labute approximate surface area is 142 Å². The van der Waals surface area contributed by atoms with E-state index in [-0.39, 0.29) is 12.4 Å². The zero-order valence-corrected chi connectivity index (χ0v) is 13.5. The van der Waals surface area contributed by atoms with Gasteiger partial charge < -0.3 is 9.15 Å². The van der Waals surface area contributed by atoms with Gasteiger partial charge in [0, 0.05) is 16.5 Å². The average Bonchev–Trinajstić information content (AvgIpc) is 3.24. The zero-order chi connectivity index (χ0) is 16.4. The molecule has 0 spiro atoms. The standard InChI is InChI=1S/C19H13NO3S/c21-18(12-15-7-4-10-24-15)22-14-8-9-16-17(11-14)23-19(20-16)13-5-2-1-3-6-13/h1-11H,12H2. The zero-order valence-electron chi connectivity index (χ0n) is 12.6. The van der Waals surface area contributed by atoms with Crippen LogP contribution >= 0.6 is 11.3 Å². The number of hydrogen-bond acceptors (Lipinski definition) is 5. The van der Waals surface area contributed by atoms with E-state index in [4.69, 9.17) is 9.15 Å². The molecule has 0 aliphatic heterocycles. The third kappa shape index (κ3) is 3.07. The van der Waals surface area contributed by atoms with E-state index in [1.54, 1.807) is 18.2 Å². The molecule has 0 saturated heterocycles. The van der Waals surface area contributed by atoms with E-state index in [0.29, 0.717) is 17.2 Å². The van der Waals surface area contributed by atoms with Gasteiger partial charge >= 0.3 is 5.97 Å². The van der Waals surface area contributed by atoms with Gasteiger partial charge in [-0.25, -0.2) is 4.98 Å². The van der Waals surface area contributed by atoms with Crippen LogP contribution in [0.25, 0.3) is 22.6 Å². The van der Waals surface area contributed by atoms with E-state index in [2.05, 4.69) is 4.98 Å². The summed E-state index contributed by atoms with van der Waals surface area (Å²) in [6, 6.07) is 18.7. The van der Waals surface area contributed by atoms with E-state index >= 15 is 0 Å². The molecule has 0 bridgehead atoms. The number of rotatable bonds is 4. The summed E-state index contributed by atoms with van der Waals surface area (Å²) in [6.45, 7) is 0. The van der Waals surface area contributed by atoms with Crippen LogP contribution in [-0.4, -0.2) is 11.0 Å². The Morgan fingerprint density at radius 3 is 2.75 bits per heavy atom. The first-order chi connectivity index (χ1) is 11.8. The first kappa shape index (κ1) is 14.7. The van der Waals surface area contributed by atoms with Crippen molar-refractivity contribution in [1.82, 2.24) is 4.98 Å². The molecule has 0 N–H and O–H groups in total. The lowest BCUT2D eigenvalue weighted by Gasteiger charge is -2.02. The molecule has 0 saturated carbocycles. The van der Waals surface area contributed by atoms with Crippen LogP contribution in [0.2, 0.25) is 0 Å². The number of hydrogen-bond donors (Lipinski definition) is 0. The van der Waals surface area contributed by atoms with Crippen molar-refractivity contribution < 1.29 is 13.9 Å². The Hall–Kier alpha value is -2.92. The lowest BCUT2D eigenvalue weighted by atomic mass is 10.2. The Morgan fingerprint density at radius 2 is 1.96 bits per heavy atom. The molecule has 4 rings (SSSR count). The molecule has 2 aromatic carbocycles. The lowest BCUT2D eigenvalue weighted by molar-refractivity contribution is -0.133. The smallest absolute Gasteiger partial charge is 0.316 e. The van der Waals surface area contributed by atoms with Crippen LogP contribution in [0.1, 0.15) is 4.88 Å². The van der Waals surface area contributed by atoms with Crippen molar-refractivity contribution >= 4 is 28.4 Å². The first-order valence-electron chi connectivity index (χ1n) is 7.47. The molecule has 4 nitrogen and oxygen atoms in total. The molecule has 0 atom stereocenters. The van der Waals surface area contributed by atoms with Crippen molar-refractivity contribution in [2.45, 2.75) is 6.42 Å². The molecule has 0 radical (unpaired) electrons. The number of nitrogens with zero attached hydrogens (tertiary/aromatic N) is 1. The van der Waals surface area contributed by atoms with Gasteiger partial charge in [0.25, 0.3) is 0 Å². The van der Waals surface area contributed by atoms with Gasteiger partial charge in [-0.1, -0.05) is 24.3 Å². The first-order valence-corrected chi connectivity index (χ1v) is 8.35. The van der Waals surface area contributed by atoms with Gasteiger partial charge in [0.05, 0.1) is 6.42 Å². The number of ether oxygens (including phenoxy) is 1. The highest BCUT2D eigenvalue weighted by atomic mass is 32.1. The molecule has 0 aliphatic carbocycles. The Kier molecular flexibility index (Phi) is 3.84. The number of carbonyl (C=O) groups is 1. The summed E-state index contributed by atoms with van der Waals surface area (Å²) >= 11 is 1.54. The van der Waals surface area contributed by atoms with Crippen LogP contribution in [-0.2, 0) is 11.2 Å². The van der Waals surface area contributed by atoms with E-state index in [1.807, 2.05) is 47.8 Å². The van der Waals surface area contributed by atoms with Gasteiger partial charge in [-0.15, -0.1) is 11.3 Å². The molecule has 5 heteroatoms. The minimum absolute atomic E-state index is 0.265. The number of fused-ring (bicyclic) bond motifs is 1. The molecular weight excluding hydrogens is 322 g/mol. The van der Waals surface area contributed by atoms with E-state index in [0.717, 1.165) is 16.0 Å². The highest BCUT2D eigenvalue weighted by Gasteiger charge is 2.11. The summed E-state index contributed by atoms with van der Waals surface area (Å²) in [5.74, 6) is 0.715. The Bertz CT molecular complexity index is 974. The number of thiophene rings is 1. The molecular formula is C19H13NO3S. The second kappa shape index (κ2) is 6.29. The minimum Gasteiger partial charge on any atom is -0.436 e. The monoisotopic (exact) mass is 335 g/mol. The maximum absolute atomic E-state index is 12.0. The van der Waals surface area contributed by atoms with Crippen LogP contribution in [0.5, 0.6) is 5.75 Å². The molecule has 0 unspecified atom stereocenters. The molecule has 4 aromatic rings. The molecule has 0 amide bonds. The fourth-order valence-electron chi connectivity index (χ4n) is 2.40. The molecule has 2 aromatic heterocycles. The maximum Gasteiger partial charge on any atom is 0.316 e. The number of esters is 1. The summed E-state index contributed by atoms with van der Waals surface area (Å²) in [5.41, 5.74) is 2.23. The van der Waals surface area contributed by atoms with Crippen molar-refractivity contribution in [3.63, 3.8) is 0 Å². The third-order valence-corrected chi connectivity index (χ3v) is 4.39. The van der Waals surface area contributed by atoms with E-state index in [1.165, 1.54) is 11.3 Å². The van der Waals surface area contributed by atoms with E-state index in [9.17, 15) is 4.79 Å². The summed E-state index contributed by atoms with van der Waals surface area (Å²) in [5, 5.41) is 1.94. The van der Waals surface area contributed by atoms with Gasteiger partial charge in [-0.3, -0.25) is 4.79 Å². The predicted molar refractivity (Wildman–Crippen MR) is 93.1 cm³/mol. The van der Waals surface area contributed by atoms with Crippen LogP contribution in [0.15, 0.2) is 70.5 Å². The average molecular weight is 335 g/mol. The van der Waals surface area contributed by atoms with Gasteiger partial charge in [0.2, 0.25) is 5.89 Å². The maximum atomic E-state index is 12.0. The van der Waals surface area contributed by atoms with Crippen molar-refractivity contribution in [3.8, 4) is 17.2 Å². The summed E-state index contributed by atoms with van der Waals surface area (Å²) in [4.78, 5) is 17.4. The Balaban J connectivity index is 1.56. The van der Waals surface area contributed by atoms with Crippen molar-refractivity contribution in [2.24, 2.45) is 0 Å². The van der Waals surface area contributed by atoms with Gasteiger partial charge in [-0.2, -0.15) is 0 Å². The summed E-state index contributed by atoms with van der Waals surface area (Å²) < 4.78 is 11.2. The fraction of sp³-hybridized carbons (Fsp3) is 0.0526. The molecule has 0 aliphatic rings. The summed E-state index contributed by atoms with van der Waals surface area (Å²) in [7, 11) is 0. The largest absolute Gasteiger partial charge is 0.436 e. The SMILES string of the molecule is O=C(Cc1cccs1)Oc1ccc2nc(-c3ccccc3)oc2c1. The summed E-state index contributed by atoms with van der Waals surface area (Å²) in [6.07, 6.45) is 0.265. The van der Waals surface area contributed by atoms with Crippen LogP contribution < -0.4 is 4.74 Å². The number of carbonyl (C=O) groups excluding carboxylic acids is 1. The highest BCUT2D eigenvalue weighted by Crippen LogP contribution is 2.27. The normalized spacial score (nSPS) is 10.8. The van der Waals surface area contributed by atoms with Crippen LogP contribution in [0, 0.1) is 0 Å². The van der Waals surface area contributed by atoms with Gasteiger partial charge in [0.15, 0.2) is 5.58 Å². The second-order valence-electron chi connectivity index (χ2n) is 5.24. The third-order valence-electron chi connectivity index (χ3n) is 3.51. The molecule has 2 heterocycles. The van der Waals surface area contributed by atoms with Crippen LogP contribution in [0.4, 0.5) is 0 Å². The Morgan fingerprint density at radius 1 is 1.08 bits per heavy atom. The topological polar surface area (TPSA) is 52.3 Å². The molecule has 118 valence electrons. The number of aromatic nitrogens is 1. The van der Waals surface area contributed by atoms with Crippen LogP contribution in [0.3, 0.4) is 0 Å².